The smallest absolute Gasteiger partial charge is 0.254 e. The van der Waals surface area contributed by atoms with Crippen LogP contribution in [0.3, 0.4) is 0 Å². The first-order valence-corrected chi connectivity index (χ1v) is 7.48. The Kier molecular flexibility index (Phi) is 5.98. The van der Waals surface area contributed by atoms with E-state index in [1.165, 1.54) is 12.1 Å². The number of amides is 1. The Hall–Kier alpha value is -0.550. The molecular weight excluding hydrogens is 305 g/mol. The van der Waals surface area contributed by atoms with E-state index in [2.05, 4.69) is 21.2 Å². The summed E-state index contributed by atoms with van der Waals surface area (Å²) in [5, 5.41) is 2.78. The second kappa shape index (κ2) is 7.01. The van der Waals surface area contributed by atoms with Gasteiger partial charge in [-0.2, -0.15) is 11.8 Å². The van der Waals surface area contributed by atoms with E-state index < -0.39 is 5.82 Å². The van der Waals surface area contributed by atoms with Gasteiger partial charge in [0.1, 0.15) is 5.82 Å². The molecule has 0 aliphatic carbocycles. The number of thioether (sulfide) groups is 1. The Balaban J connectivity index is 2.63. The highest BCUT2D eigenvalue weighted by molar-refractivity contribution is 9.10. The summed E-state index contributed by atoms with van der Waals surface area (Å²) in [5.41, 5.74) is 0.0872. The summed E-state index contributed by atoms with van der Waals surface area (Å²) >= 11 is 4.88. The van der Waals surface area contributed by atoms with Crippen molar-refractivity contribution in [2.45, 2.75) is 19.4 Å². The first-order chi connectivity index (χ1) is 8.04. The van der Waals surface area contributed by atoms with Gasteiger partial charge >= 0.3 is 0 Å². The van der Waals surface area contributed by atoms with Crippen molar-refractivity contribution in [2.24, 2.45) is 0 Å². The normalized spacial score (nSPS) is 12.2. The highest BCUT2D eigenvalue weighted by atomic mass is 79.9. The van der Waals surface area contributed by atoms with Gasteiger partial charge in [-0.1, -0.05) is 15.9 Å². The summed E-state index contributed by atoms with van der Waals surface area (Å²) in [5.74, 6) is 0.113. The molecule has 0 saturated heterocycles. The zero-order valence-corrected chi connectivity index (χ0v) is 12.2. The molecule has 0 spiro atoms. The maximum absolute atomic E-state index is 13.5. The van der Waals surface area contributed by atoms with E-state index in [1.54, 1.807) is 17.8 Å². The molecular formula is C12H15BrFNOS. The molecule has 0 aliphatic rings. The second-order valence-electron chi connectivity index (χ2n) is 3.78. The molecule has 17 heavy (non-hydrogen) atoms. The minimum atomic E-state index is -0.506. The molecule has 1 rings (SSSR count). The van der Waals surface area contributed by atoms with Gasteiger partial charge in [0.15, 0.2) is 0 Å². The molecule has 0 heterocycles. The van der Waals surface area contributed by atoms with Crippen LogP contribution in [0.15, 0.2) is 22.7 Å². The van der Waals surface area contributed by atoms with Gasteiger partial charge < -0.3 is 5.32 Å². The Morgan fingerprint density at radius 2 is 2.29 bits per heavy atom. The summed E-state index contributed by atoms with van der Waals surface area (Å²) in [6.07, 6.45) is 2.90. The Bertz CT molecular complexity index is 400. The van der Waals surface area contributed by atoms with Gasteiger partial charge in [-0.05, 0) is 43.6 Å². The van der Waals surface area contributed by atoms with Crippen molar-refractivity contribution in [2.75, 3.05) is 12.0 Å². The molecule has 5 heteroatoms. The highest BCUT2D eigenvalue weighted by Crippen LogP contribution is 2.15. The van der Waals surface area contributed by atoms with Crippen LogP contribution in [0.1, 0.15) is 23.7 Å². The lowest BCUT2D eigenvalue weighted by atomic mass is 10.1. The van der Waals surface area contributed by atoms with Crippen LogP contribution in [0.5, 0.6) is 0 Å². The first-order valence-electron chi connectivity index (χ1n) is 5.29. The van der Waals surface area contributed by atoms with Gasteiger partial charge in [-0.3, -0.25) is 4.79 Å². The van der Waals surface area contributed by atoms with E-state index in [4.69, 9.17) is 0 Å². The lowest BCUT2D eigenvalue weighted by molar-refractivity contribution is 0.0935. The summed E-state index contributed by atoms with van der Waals surface area (Å²) in [6.45, 7) is 1.92. The molecule has 0 aromatic heterocycles. The third-order valence-electron chi connectivity index (χ3n) is 2.31. The average molecular weight is 320 g/mol. The Labute approximate surface area is 113 Å². The lowest BCUT2D eigenvalue weighted by Crippen LogP contribution is -2.33. The standard InChI is InChI=1S/C12H15BrFNOS/c1-8(5-6-17-2)15-12(16)10-4-3-9(13)7-11(10)14/h3-4,7-8H,5-6H2,1-2H3,(H,15,16). The van der Waals surface area contributed by atoms with Crippen molar-refractivity contribution in [3.63, 3.8) is 0 Å². The van der Waals surface area contributed by atoms with Gasteiger partial charge in [-0.25, -0.2) is 4.39 Å². The van der Waals surface area contributed by atoms with E-state index in [-0.39, 0.29) is 17.5 Å². The van der Waals surface area contributed by atoms with Gasteiger partial charge in [0.25, 0.3) is 5.91 Å². The monoisotopic (exact) mass is 319 g/mol. The molecule has 0 aliphatic heterocycles. The van der Waals surface area contributed by atoms with Gasteiger partial charge in [0.2, 0.25) is 0 Å². The van der Waals surface area contributed by atoms with Crippen molar-refractivity contribution >= 4 is 33.6 Å². The third kappa shape index (κ3) is 4.68. The molecule has 1 aromatic rings. The number of carbonyl (C=O) groups is 1. The van der Waals surface area contributed by atoms with E-state index in [1.807, 2.05) is 13.2 Å². The average Bonchev–Trinajstić information content (AvgIpc) is 2.26. The van der Waals surface area contributed by atoms with Crippen LogP contribution in [0, 0.1) is 5.82 Å². The fourth-order valence-corrected chi connectivity index (χ4v) is 2.26. The van der Waals surface area contributed by atoms with Gasteiger partial charge in [0, 0.05) is 10.5 Å². The predicted molar refractivity (Wildman–Crippen MR) is 74.0 cm³/mol. The summed E-state index contributed by atoms with van der Waals surface area (Å²) in [7, 11) is 0. The molecule has 1 atom stereocenters. The molecule has 1 unspecified atom stereocenters. The van der Waals surface area contributed by atoms with Crippen LogP contribution >= 0.6 is 27.7 Å². The topological polar surface area (TPSA) is 29.1 Å². The van der Waals surface area contributed by atoms with E-state index in [0.717, 1.165) is 12.2 Å². The number of halogens is 2. The molecule has 0 fully saturated rings. The van der Waals surface area contributed by atoms with Crippen LogP contribution in [-0.2, 0) is 0 Å². The molecule has 2 nitrogen and oxygen atoms in total. The fraction of sp³-hybridized carbons (Fsp3) is 0.417. The largest absolute Gasteiger partial charge is 0.349 e. The zero-order valence-electron chi connectivity index (χ0n) is 9.80. The summed E-state index contributed by atoms with van der Waals surface area (Å²) < 4.78 is 14.1. The number of carbonyl (C=O) groups excluding carboxylic acids is 1. The maximum Gasteiger partial charge on any atom is 0.254 e. The van der Waals surface area contributed by atoms with Crippen molar-refractivity contribution in [1.82, 2.24) is 5.32 Å². The van der Waals surface area contributed by atoms with Crippen molar-refractivity contribution in [3.8, 4) is 0 Å². The molecule has 1 amide bonds. The molecule has 1 aromatic carbocycles. The SMILES string of the molecule is CSCCC(C)NC(=O)c1ccc(Br)cc1F. The minimum absolute atomic E-state index is 0.0537. The van der Waals surface area contributed by atoms with Gasteiger partial charge in [-0.15, -0.1) is 0 Å². The molecule has 94 valence electrons. The van der Waals surface area contributed by atoms with Crippen LogP contribution in [-0.4, -0.2) is 24.0 Å². The molecule has 0 bridgehead atoms. The van der Waals surface area contributed by atoms with E-state index in [0.29, 0.717) is 4.47 Å². The van der Waals surface area contributed by atoms with Crippen molar-refractivity contribution in [3.05, 3.63) is 34.1 Å². The lowest BCUT2D eigenvalue weighted by Gasteiger charge is -2.13. The highest BCUT2D eigenvalue weighted by Gasteiger charge is 2.13. The molecule has 0 radical (unpaired) electrons. The van der Waals surface area contributed by atoms with E-state index in [9.17, 15) is 9.18 Å². The van der Waals surface area contributed by atoms with Crippen LogP contribution < -0.4 is 5.32 Å². The maximum atomic E-state index is 13.5. The number of nitrogens with one attached hydrogen (secondary N) is 1. The number of hydrogen-bond donors (Lipinski definition) is 1. The van der Waals surface area contributed by atoms with Crippen molar-refractivity contribution in [1.29, 1.82) is 0 Å². The molecule has 1 N–H and O–H groups in total. The van der Waals surface area contributed by atoms with Crippen molar-refractivity contribution < 1.29 is 9.18 Å². The Morgan fingerprint density at radius 3 is 2.88 bits per heavy atom. The summed E-state index contributed by atoms with van der Waals surface area (Å²) in [6, 6.07) is 4.49. The first kappa shape index (κ1) is 14.5. The zero-order chi connectivity index (χ0) is 12.8. The number of benzene rings is 1. The quantitative estimate of drug-likeness (QED) is 0.900. The Morgan fingerprint density at radius 1 is 1.59 bits per heavy atom. The van der Waals surface area contributed by atoms with Crippen LogP contribution in [0.25, 0.3) is 0 Å². The second-order valence-corrected chi connectivity index (χ2v) is 5.68. The number of rotatable bonds is 5. The van der Waals surface area contributed by atoms with E-state index >= 15 is 0 Å². The summed E-state index contributed by atoms with van der Waals surface area (Å²) in [4.78, 5) is 11.8. The minimum Gasteiger partial charge on any atom is -0.349 e. The van der Waals surface area contributed by atoms with Crippen LogP contribution in [0.2, 0.25) is 0 Å². The number of hydrogen-bond acceptors (Lipinski definition) is 2. The molecule has 0 saturated carbocycles. The third-order valence-corrected chi connectivity index (χ3v) is 3.45. The van der Waals surface area contributed by atoms with Gasteiger partial charge in [0.05, 0.1) is 5.56 Å². The fourth-order valence-electron chi connectivity index (χ4n) is 1.34. The predicted octanol–water partition coefficient (Wildman–Crippen LogP) is 3.46. The van der Waals surface area contributed by atoms with Crippen LogP contribution in [0.4, 0.5) is 4.39 Å².